The SMILES string of the molecule is CCCCCCCCC=CCCCCCCCCCCCC(=O)O.Cl. The molecule has 0 atom stereocenters. The van der Waals surface area contributed by atoms with Crippen molar-refractivity contribution in [1.29, 1.82) is 0 Å². The summed E-state index contributed by atoms with van der Waals surface area (Å²) in [4.78, 5) is 10.4. The molecule has 0 unspecified atom stereocenters. The number of carbonyl (C=O) groups is 1. The van der Waals surface area contributed by atoms with Gasteiger partial charge in [-0.25, -0.2) is 0 Å². The number of carboxylic acids is 1. The number of aliphatic carboxylic acids is 1. The summed E-state index contributed by atoms with van der Waals surface area (Å²) in [6.07, 6.45) is 27.1. The number of halogens is 1. The van der Waals surface area contributed by atoms with Gasteiger partial charge < -0.3 is 5.11 Å². The van der Waals surface area contributed by atoms with Crippen molar-refractivity contribution in [3.05, 3.63) is 12.2 Å². The van der Waals surface area contributed by atoms with Gasteiger partial charge in [0.15, 0.2) is 0 Å². The number of hydrogen-bond acceptors (Lipinski definition) is 1. The largest absolute Gasteiger partial charge is 0.481 e. The van der Waals surface area contributed by atoms with Crippen LogP contribution in [0.3, 0.4) is 0 Å². The van der Waals surface area contributed by atoms with Gasteiger partial charge in [-0.3, -0.25) is 4.79 Å². The molecule has 0 saturated carbocycles. The minimum Gasteiger partial charge on any atom is -0.481 e. The lowest BCUT2D eigenvalue weighted by Crippen LogP contribution is -1.93. The van der Waals surface area contributed by atoms with Gasteiger partial charge >= 0.3 is 5.97 Å². The van der Waals surface area contributed by atoms with Crippen LogP contribution in [0.1, 0.15) is 122 Å². The fraction of sp³-hybridized carbons (Fsp3) is 0.864. The van der Waals surface area contributed by atoms with Gasteiger partial charge in [-0.05, 0) is 32.1 Å². The first kappa shape index (κ1) is 26.7. The van der Waals surface area contributed by atoms with Gasteiger partial charge in [0.2, 0.25) is 0 Å². The van der Waals surface area contributed by atoms with E-state index in [9.17, 15) is 4.79 Å². The minimum absolute atomic E-state index is 0. The van der Waals surface area contributed by atoms with Gasteiger partial charge in [0.25, 0.3) is 0 Å². The zero-order valence-electron chi connectivity index (χ0n) is 16.6. The van der Waals surface area contributed by atoms with Crippen LogP contribution in [0, 0.1) is 0 Å². The summed E-state index contributed by atoms with van der Waals surface area (Å²) in [6, 6.07) is 0. The molecule has 0 amide bonds. The molecule has 0 aliphatic carbocycles. The van der Waals surface area contributed by atoms with E-state index in [2.05, 4.69) is 19.1 Å². The van der Waals surface area contributed by atoms with Crippen molar-refractivity contribution < 1.29 is 9.90 Å². The van der Waals surface area contributed by atoms with Crippen LogP contribution in [-0.4, -0.2) is 11.1 Å². The van der Waals surface area contributed by atoms with Gasteiger partial charge in [0, 0.05) is 6.42 Å². The summed E-state index contributed by atoms with van der Waals surface area (Å²) in [5.41, 5.74) is 0. The zero-order chi connectivity index (χ0) is 17.7. The average molecular weight is 375 g/mol. The van der Waals surface area contributed by atoms with E-state index in [1.165, 1.54) is 96.3 Å². The number of allylic oxidation sites excluding steroid dienone is 2. The van der Waals surface area contributed by atoms with Crippen LogP contribution in [0.15, 0.2) is 12.2 Å². The molecule has 0 spiro atoms. The lowest BCUT2D eigenvalue weighted by molar-refractivity contribution is -0.137. The molecule has 0 aliphatic rings. The van der Waals surface area contributed by atoms with Crippen LogP contribution in [0.2, 0.25) is 0 Å². The molecule has 0 radical (unpaired) electrons. The van der Waals surface area contributed by atoms with Gasteiger partial charge in [0.05, 0.1) is 0 Å². The lowest BCUT2D eigenvalue weighted by atomic mass is 10.1. The van der Waals surface area contributed by atoms with Crippen LogP contribution in [0.4, 0.5) is 0 Å². The second kappa shape index (κ2) is 23.5. The summed E-state index contributed by atoms with van der Waals surface area (Å²) in [5.74, 6) is -0.656. The molecular weight excluding hydrogens is 332 g/mol. The first-order valence-corrected chi connectivity index (χ1v) is 10.6. The topological polar surface area (TPSA) is 37.3 Å². The van der Waals surface area contributed by atoms with E-state index in [1.807, 2.05) is 0 Å². The number of unbranched alkanes of at least 4 members (excludes halogenated alkanes) is 15. The van der Waals surface area contributed by atoms with E-state index in [-0.39, 0.29) is 12.4 Å². The fourth-order valence-electron chi connectivity index (χ4n) is 3.05. The zero-order valence-corrected chi connectivity index (χ0v) is 17.5. The molecule has 0 aromatic rings. The summed E-state index contributed by atoms with van der Waals surface area (Å²) in [5, 5.41) is 8.55. The second-order valence-electron chi connectivity index (χ2n) is 7.14. The number of hydrogen-bond donors (Lipinski definition) is 1. The fourth-order valence-corrected chi connectivity index (χ4v) is 3.05. The predicted octanol–water partition coefficient (Wildman–Crippen LogP) is 8.09. The average Bonchev–Trinajstić information content (AvgIpc) is 2.56. The van der Waals surface area contributed by atoms with Crippen molar-refractivity contribution in [2.45, 2.75) is 122 Å². The Hall–Kier alpha value is -0.500. The Kier molecular flexibility index (Phi) is 25.1. The molecule has 2 nitrogen and oxygen atoms in total. The van der Waals surface area contributed by atoms with Crippen molar-refractivity contribution in [1.82, 2.24) is 0 Å². The van der Waals surface area contributed by atoms with E-state index in [1.54, 1.807) is 0 Å². The van der Waals surface area contributed by atoms with Crippen molar-refractivity contribution in [3.8, 4) is 0 Å². The smallest absolute Gasteiger partial charge is 0.303 e. The van der Waals surface area contributed by atoms with Gasteiger partial charge in [-0.1, -0.05) is 96.1 Å². The van der Waals surface area contributed by atoms with E-state index in [4.69, 9.17) is 5.11 Å². The quantitative estimate of drug-likeness (QED) is 0.183. The Labute approximate surface area is 163 Å². The molecule has 0 aliphatic heterocycles. The summed E-state index contributed by atoms with van der Waals surface area (Å²) >= 11 is 0. The molecule has 1 N–H and O–H groups in total. The highest BCUT2D eigenvalue weighted by Gasteiger charge is 1.96. The highest BCUT2D eigenvalue weighted by Crippen LogP contribution is 2.12. The van der Waals surface area contributed by atoms with Crippen LogP contribution in [0.5, 0.6) is 0 Å². The summed E-state index contributed by atoms with van der Waals surface area (Å²) in [6.45, 7) is 2.27. The first-order chi connectivity index (χ1) is 11.8. The Morgan fingerprint density at radius 2 is 1.00 bits per heavy atom. The summed E-state index contributed by atoms with van der Waals surface area (Å²) in [7, 11) is 0. The minimum atomic E-state index is -0.656. The third-order valence-electron chi connectivity index (χ3n) is 4.65. The van der Waals surface area contributed by atoms with Crippen LogP contribution in [-0.2, 0) is 4.79 Å². The van der Waals surface area contributed by atoms with Gasteiger partial charge in [-0.15, -0.1) is 12.4 Å². The van der Waals surface area contributed by atoms with Gasteiger partial charge in [0.1, 0.15) is 0 Å². The van der Waals surface area contributed by atoms with Crippen LogP contribution >= 0.6 is 12.4 Å². The normalized spacial score (nSPS) is 10.9. The Morgan fingerprint density at radius 1 is 0.640 bits per heavy atom. The van der Waals surface area contributed by atoms with E-state index in [0.29, 0.717) is 6.42 Å². The monoisotopic (exact) mass is 374 g/mol. The molecule has 0 rings (SSSR count). The van der Waals surface area contributed by atoms with Crippen molar-refractivity contribution in [2.24, 2.45) is 0 Å². The Balaban J connectivity index is 0. The van der Waals surface area contributed by atoms with Crippen molar-refractivity contribution in [3.63, 3.8) is 0 Å². The van der Waals surface area contributed by atoms with E-state index in [0.717, 1.165) is 12.8 Å². The highest BCUT2D eigenvalue weighted by molar-refractivity contribution is 5.85. The number of carboxylic acid groups (broad SMARTS) is 1. The predicted molar refractivity (Wildman–Crippen MR) is 113 cm³/mol. The van der Waals surface area contributed by atoms with Crippen LogP contribution < -0.4 is 0 Å². The molecule has 0 saturated heterocycles. The maximum absolute atomic E-state index is 10.4. The molecule has 0 bridgehead atoms. The van der Waals surface area contributed by atoms with Crippen molar-refractivity contribution >= 4 is 18.4 Å². The maximum atomic E-state index is 10.4. The first-order valence-electron chi connectivity index (χ1n) is 10.6. The molecule has 25 heavy (non-hydrogen) atoms. The lowest BCUT2D eigenvalue weighted by Gasteiger charge is -2.01. The molecule has 3 heteroatoms. The molecule has 150 valence electrons. The maximum Gasteiger partial charge on any atom is 0.303 e. The second-order valence-corrected chi connectivity index (χ2v) is 7.14. The van der Waals surface area contributed by atoms with Gasteiger partial charge in [-0.2, -0.15) is 0 Å². The number of rotatable bonds is 19. The Bertz CT molecular complexity index is 290. The standard InChI is InChI=1S/C22H42O2.ClH/c1-2-3-4-5-6-7-8-9-10-11-12-13-14-15-16-17-18-19-20-21-22(23)24;/h9-10H,2-8,11-21H2,1H3,(H,23,24);1H. The third-order valence-corrected chi connectivity index (χ3v) is 4.65. The summed E-state index contributed by atoms with van der Waals surface area (Å²) < 4.78 is 0. The van der Waals surface area contributed by atoms with E-state index < -0.39 is 5.97 Å². The Morgan fingerprint density at radius 3 is 1.40 bits per heavy atom. The molecule has 0 aromatic heterocycles. The molecular formula is C22H43ClO2. The molecule has 0 aromatic carbocycles. The highest BCUT2D eigenvalue weighted by atomic mass is 35.5. The van der Waals surface area contributed by atoms with E-state index >= 15 is 0 Å². The van der Waals surface area contributed by atoms with Crippen molar-refractivity contribution in [2.75, 3.05) is 0 Å². The third kappa shape index (κ3) is 25.8. The van der Waals surface area contributed by atoms with Crippen LogP contribution in [0.25, 0.3) is 0 Å². The molecule has 0 heterocycles. The molecule has 0 fully saturated rings.